The summed E-state index contributed by atoms with van der Waals surface area (Å²) in [7, 11) is 0. The van der Waals surface area contributed by atoms with Crippen LogP contribution >= 0.6 is 11.3 Å². The SMILES string of the molecule is Cc1oc(-c2cccs2)nc1C(=O)N1CCOCC12CCOC2. The molecule has 0 bridgehead atoms. The van der Waals surface area contributed by atoms with Gasteiger partial charge in [-0.2, -0.15) is 0 Å². The Bertz CT molecular complexity index is 704. The summed E-state index contributed by atoms with van der Waals surface area (Å²) in [5.74, 6) is 0.965. The van der Waals surface area contributed by atoms with E-state index in [4.69, 9.17) is 13.9 Å². The van der Waals surface area contributed by atoms with Crippen LogP contribution in [0.2, 0.25) is 0 Å². The summed E-state index contributed by atoms with van der Waals surface area (Å²) >= 11 is 1.54. The molecule has 1 unspecified atom stereocenters. The van der Waals surface area contributed by atoms with E-state index in [1.165, 1.54) is 0 Å². The largest absolute Gasteiger partial charge is 0.440 e. The van der Waals surface area contributed by atoms with Gasteiger partial charge in [-0.05, 0) is 24.8 Å². The minimum atomic E-state index is -0.357. The third kappa shape index (κ3) is 2.49. The first-order chi connectivity index (χ1) is 11.2. The molecule has 122 valence electrons. The van der Waals surface area contributed by atoms with Gasteiger partial charge in [0, 0.05) is 13.2 Å². The van der Waals surface area contributed by atoms with E-state index < -0.39 is 0 Å². The van der Waals surface area contributed by atoms with Crippen LogP contribution < -0.4 is 0 Å². The third-order valence-electron chi connectivity index (χ3n) is 4.46. The molecule has 4 heterocycles. The fraction of sp³-hybridized carbons (Fsp3) is 0.500. The summed E-state index contributed by atoms with van der Waals surface area (Å²) < 4.78 is 16.8. The molecule has 0 aromatic carbocycles. The maximum Gasteiger partial charge on any atom is 0.276 e. The van der Waals surface area contributed by atoms with E-state index in [2.05, 4.69) is 4.98 Å². The summed E-state index contributed by atoms with van der Waals surface area (Å²) in [4.78, 5) is 20.3. The first-order valence-corrected chi connectivity index (χ1v) is 8.56. The lowest BCUT2D eigenvalue weighted by atomic mass is 9.95. The zero-order valence-electron chi connectivity index (χ0n) is 12.9. The molecule has 6 nitrogen and oxygen atoms in total. The van der Waals surface area contributed by atoms with E-state index in [9.17, 15) is 4.79 Å². The standard InChI is InChI=1S/C16H18N2O4S/c1-11-13(17-14(22-11)12-3-2-8-23-12)15(19)18-5-7-21-10-16(18)4-6-20-9-16/h2-3,8H,4-7,9-10H2,1H3. The molecule has 7 heteroatoms. The quantitative estimate of drug-likeness (QED) is 0.843. The number of hydrogen-bond acceptors (Lipinski definition) is 6. The highest BCUT2D eigenvalue weighted by molar-refractivity contribution is 7.13. The number of carbonyl (C=O) groups is 1. The van der Waals surface area contributed by atoms with E-state index in [1.807, 2.05) is 22.4 Å². The molecule has 2 aromatic heterocycles. The summed E-state index contributed by atoms with van der Waals surface area (Å²) in [5, 5.41) is 1.96. The van der Waals surface area contributed by atoms with E-state index in [1.54, 1.807) is 18.3 Å². The molecule has 23 heavy (non-hydrogen) atoms. The summed E-state index contributed by atoms with van der Waals surface area (Å²) in [6, 6.07) is 3.87. The fourth-order valence-corrected chi connectivity index (χ4v) is 3.85. The van der Waals surface area contributed by atoms with E-state index in [-0.39, 0.29) is 11.4 Å². The number of hydrogen-bond donors (Lipinski definition) is 0. The zero-order valence-corrected chi connectivity index (χ0v) is 13.7. The Labute approximate surface area is 138 Å². The lowest BCUT2D eigenvalue weighted by Gasteiger charge is -2.43. The highest BCUT2D eigenvalue weighted by Gasteiger charge is 2.46. The Morgan fingerprint density at radius 2 is 2.17 bits per heavy atom. The van der Waals surface area contributed by atoms with E-state index >= 15 is 0 Å². The van der Waals surface area contributed by atoms with Crippen molar-refractivity contribution in [2.24, 2.45) is 0 Å². The Hall–Kier alpha value is -1.70. The van der Waals surface area contributed by atoms with Gasteiger partial charge in [-0.15, -0.1) is 11.3 Å². The molecule has 2 aliphatic heterocycles. The van der Waals surface area contributed by atoms with Gasteiger partial charge in [0.15, 0.2) is 5.69 Å². The number of amides is 1. The maximum absolute atomic E-state index is 13.1. The normalized spacial score (nSPS) is 24.5. The van der Waals surface area contributed by atoms with Gasteiger partial charge in [0.2, 0.25) is 5.89 Å². The van der Waals surface area contributed by atoms with Gasteiger partial charge in [0.05, 0.1) is 30.2 Å². The van der Waals surface area contributed by atoms with E-state index in [0.29, 0.717) is 50.3 Å². The summed E-state index contributed by atoms with van der Waals surface area (Å²) in [6.07, 6.45) is 0.799. The van der Waals surface area contributed by atoms with Crippen molar-refractivity contribution in [3.8, 4) is 10.8 Å². The monoisotopic (exact) mass is 334 g/mol. The number of aryl methyl sites for hydroxylation is 1. The molecule has 1 atom stereocenters. The second-order valence-corrected chi connectivity index (χ2v) is 6.89. The van der Waals surface area contributed by atoms with Crippen LogP contribution in [0, 0.1) is 6.92 Å². The van der Waals surface area contributed by atoms with E-state index in [0.717, 1.165) is 11.3 Å². The van der Waals surface area contributed by atoms with Gasteiger partial charge in [0.25, 0.3) is 5.91 Å². The Kier molecular flexibility index (Phi) is 3.71. The minimum absolute atomic E-state index is 0.0946. The highest BCUT2D eigenvalue weighted by Crippen LogP contribution is 2.32. The first-order valence-electron chi connectivity index (χ1n) is 7.68. The van der Waals surface area contributed by atoms with Crippen molar-refractivity contribution in [3.05, 3.63) is 29.0 Å². The predicted molar refractivity (Wildman–Crippen MR) is 84.6 cm³/mol. The fourth-order valence-electron chi connectivity index (χ4n) is 3.20. The maximum atomic E-state index is 13.1. The summed E-state index contributed by atoms with van der Waals surface area (Å²) in [5.41, 5.74) is 0.0330. The van der Waals surface area contributed by atoms with Gasteiger partial charge in [-0.3, -0.25) is 4.79 Å². The number of aromatic nitrogens is 1. The van der Waals surface area contributed by atoms with Crippen LogP contribution in [0.5, 0.6) is 0 Å². The minimum Gasteiger partial charge on any atom is -0.440 e. The highest BCUT2D eigenvalue weighted by atomic mass is 32.1. The Morgan fingerprint density at radius 1 is 1.35 bits per heavy atom. The Morgan fingerprint density at radius 3 is 2.91 bits per heavy atom. The molecule has 0 aliphatic carbocycles. The number of thiophene rings is 1. The number of nitrogens with zero attached hydrogens (tertiary/aromatic N) is 2. The number of ether oxygens (including phenoxy) is 2. The third-order valence-corrected chi connectivity index (χ3v) is 5.32. The van der Waals surface area contributed by atoms with Crippen molar-refractivity contribution < 1.29 is 18.7 Å². The molecular formula is C16H18N2O4S. The van der Waals surface area contributed by atoms with Crippen LogP contribution in [0.1, 0.15) is 22.7 Å². The second kappa shape index (κ2) is 5.74. The number of oxazole rings is 1. The topological polar surface area (TPSA) is 64.8 Å². The van der Waals surface area contributed by atoms with Crippen LogP contribution in [-0.4, -0.2) is 54.3 Å². The molecule has 0 N–H and O–H groups in total. The van der Waals surface area contributed by atoms with Crippen molar-refractivity contribution in [3.63, 3.8) is 0 Å². The summed E-state index contributed by atoms with van der Waals surface area (Å²) in [6.45, 7) is 4.59. The van der Waals surface area contributed by atoms with Crippen LogP contribution in [0.3, 0.4) is 0 Å². The molecule has 1 amide bonds. The second-order valence-electron chi connectivity index (χ2n) is 5.94. The molecule has 0 saturated carbocycles. The van der Waals surface area contributed by atoms with Crippen molar-refractivity contribution in [1.82, 2.24) is 9.88 Å². The van der Waals surface area contributed by atoms with Gasteiger partial charge >= 0.3 is 0 Å². The van der Waals surface area contributed by atoms with Gasteiger partial charge < -0.3 is 18.8 Å². The van der Waals surface area contributed by atoms with Gasteiger partial charge in [0.1, 0.15) is 5.76 Å². The van der Waals surface area contributed by atoms with Crippen LogP contribution in [0.4, 0.5) is 0 Å². The zero-order chi connectivity index (χ0) is 15.9. The number of rotatable bonds is 2. The average Bonchev–Trinajstić information content (AvgIpc) is 3.28. The van der Waals surface area contributed by atoms with Gasteiger partial charge in [-0.1, -0.05) is 6.07 Å². The van der Waals surface area contributed by atoms with Crippen LogP contribution in [-0.2, 0) is 9.47 Å². The molecule has 2 fully saturated rings. The smallest absolute Gasteiger partial charge is 0.276 e. The van der Waals surface area contributed by atoms with Crippen molar-refractivity contribution in [2.45, 2.75) is 18.9 Å². The Balaban J connectivity index is 1.66. The molecule has 2 aromatic rings. The van der Waals surface area contributed by atoms with Crippen molar-refractivity contribution in [2.75, 3.05) is 33.0 Å². The molecule has 2 aliphatic rings. The van der Waals surface area contributed by atoms with Crippen molar-refractivity contribution in [1.29, 1.82) is 0 Å². The average molecular weight is 334 g/mol. The van der Waals surface area contributed by atoms with Gasteiger partial charge in [-0.25, -0.2) is 4.98 Å². The molecular weight excluding hydrogens is 316 g/mol. The molecule has 0 radical (unpaired) electrons. The lowest BCUT2D eigenvalue weighted by Crippen LogP contribution is -2.59. The number of morpholine rings is 1. The molecule has 1 spiro atoms. The molecule has 4 rings (SSSR count). The van der Waals surface area contributed by atoms with Crippen LogP contribution in [0.25, 0.3) is 10.8 Å². The lowest BCUT2D eigenvalue weighted by molar-refractivity contribution is -0.0553. The molecule has 2 saturated heterocycles. The van der Waals surface area contributed by atoms with Crippen molar-refractivity contribution >= 4 is 17.2 Å². The van der Waals surface area contributed by atoms with Crippen LogP contribution in [0.15, 0.2) is 21.9 Å². The predicted octanol–water partition coefficient (Wildman–Crippen LogP) is 2.34. The first kappa shape index (κ1) is 14.9. The number of carbonyl (C=O) groups excluding carboxylic acids is 1.